The second kappa shape index (κ2) is 12.5. The lowest BCUT2D eigenvalue weighted by atomic mass is 9.91. The van der Waals surface area contributed by atoms with E-state index < -0.39 is 29.7 Å². The number of hydrogen-bond donors (Lipinski definition) is 4. The lowest BCUT2D eigenvalue weighted by Gasteiger charge is -2.38. The number of anilines is 5. The number of carboxylic acid groups (broad SMARTS) is 1. The van der Waals surface area contributed by atoms with Crippen LogP contribution in [0, 0.1) is 17.0 Å². The topological polar surface area (TPSA) is 128 Å². The van der Waals surface area contributed by atoms with Crippen LogP contribution >= 0.6 is 0 Å². The molecule has 3 aromatic rings. The number of rotatable bonds is 6. The summed E-state index contributed by atoms with van der Waals surface area (Å²) in [6, 6.07) is 15.5. The van der Waals surface area contributed by atoms with Crippen LogP contribution in [0.2, 0.25) is 6.04 Å². The molecule has 3 aromatic carbocycles. The minimum atomic E-state index is -1.13. The Hall–Kier alpha value is -4.32. The number of carbonyl (C=O) groups excluding carboxylic acids is 1. The fraction of sp³-hybridized carbons (Fsp3) is 0.412. The zero-order chi connectivity index (χ0) is 32.7. The number of likely N-dealkylation sites (tertiary alicyclic amines) is 1. The summed E-state index contributed by atoms with van der Waals surface area (Å²) in [6.07, 6.45) is 2.23. The Morgan fingerprint density at radius 3 is 2.20 bits per heavy atom. The van der Waals surface area contributed by atoms with E-state index in [2.05, 4.69) is 24.1 Å². The molecule has 2 radical (unpaired) electrons. The number of amides is 2. The number of benzene rings is 3. The second-order valence-corrected chi connectivity index (χ2v) is 14.5. The molecule has 6 rings (SSSR count). The number of hydrogen-bond acceptors (Lipinski definition) is 6. The van der Waals surface area contributed by atoms with Gasteiger partial charge in [0.1, 0.15) is 11.7 Å². The van der Waals surface area contributed by atoms with Crippen molar-refractivity contribution in [2.75, 3.05) is 39.3 Å². The number of halogens is 2. The highest BCUT2D eigenvalue weighted by atomic mass is 28.2. The van der Waals surface area contributed by atoms with Crippen molar-refractivity contribution in [3.63, 3.8) is 0 Å². The third-order valence-electron chi connectivity index (χ3n) is 9.56. The minimum absolute atomic E-state index is 0.0328. The van der Waals surface area contributed by atoms with Crippen molar-refractivity contribution >= 4 is 50.1 Å². The van der Waals surface area contributed by atoms with Crippen molar-refractivity contribution in [2.24, 2.45) is 5.41 Å². The summed E-state index contributed by atoms with van der Waals surface area (Å²) >= 11 is 0. The molecule has 6 N–H and O–H groups in total. The fourth-order valence-electron chi connectivity index (χ4n) is 6.97. The normalized spacial score (nSPS) is 22.7. The van der Waals surface area contributed by atoms with Gasteiger partial charge in [0.2, 0.25) is 5.91 Å². The molecular formula is C34H40F2N6O3Si. The average Bonchev–Trinajstić information content (AvgIpc) is 3.68. The van der Waals surface area contributed by atoms with Crippen LogP contribution in [0.25, 0.3) is 0 Å². The molecule has 3 heterocycles. The van der Waals surface area contributed by atoms with Crippen molar-refractivity contribution in [1.29, 1.82) is 0 Å². The molecule has 3 aliphatic heterocycles. The van der Waals surface area contributed by atoms with Crippen molar-refractivity contribution in [3.8, 4) is 0 Å². The van der Waals surface area contributed by atoms with Crippen molar-refractivity contribution in [2.45, 2.75) is 70.1 Å². The number of nitrogen functional groups attached to an aromatic ring is 2. The first-order valence-electron chi connectivity index (χ1n) is 15.8. The van der Waals surface area contributed by atoms with E-state index in [1.165, 1.54) is 12.1 Å². The van der Waals surface area contributed by atoms with Crippen LogP contribution in [0.3, 0.4) is 0 Å². The van der Waals surface area contributed by atoms with E-state index in [4.69, 9.17) is 11.5 Å². The molecule has 0 aromatic heterocycles. The first-order valence-corrected chi connectivity index (χ1v) is 16.9. The molecule has 2 amide bonds. The Kier molecular flexibility index (Phi) is 8.58. The van der Waals surface area contributed by atoms with Gasteiger partial charge in [0.15, 0.2) is 21.3 Å². The van der Waals surface area contributed by atoms with Crippen LogP contribution in [-0.2, 0) is 4.79 Å². The van der Waals surface area contributed by atoms with Crippen LogP contribution in [0.5, 0.6) is 0 Å². The van der Waals surface area contributed by atoms with Gasteiger partial charge in [-0.05, 0) is 91.1 Å². The standard InChI is InChI=1S/C34H40F2N6O3Si/c1-34(2)13-15-41(46-19-34)31-24(35)17-23(18-25(31)36)42-28(20-5-8-22(37)9-6-20)11-12-29(42)21-7-10-27(26(38)16-21)39-32(43)30-4-3-14-40(30)33(44)45/h5-10,16-18,28-30H,3-4,11-15,19,37-38H2,1-2H3,(H,39,43)(H,44,45)/t28-,29-,30-/m0/s1. The predicted molar refractivity (Wildman–Crippen MR) is 178 cm³/mol. The van der Waals surface area contributed by atoms with E-state index >= 15 is 8.78 Å². The predicted octanol–water partition coefficient (Wildman–Crippen LogP) is 6.57. The Morgan fingerprint density at radius 2 is 1.59 bits per heavy atom. The molecule has 0 bridgehead atoms. The monoisotopic (exact) mass is 646 g/mol. The summed E-state index contributed by atoms with van der Waals surface area (Å²) in [5.74, 6) is -1.58. The van der Waals surface area contributed by atoms with Gasteiger partial charge in [0.25, 0.3) is 0 Å². The van der Waals surface area contributed by atoms with Gasteiger partial charge in [-0.2, -0.15) is 0 Å². The van der Waals surface area contributed by atoms with E-state index in [-0.39, 0.29) is 23.2 Å². The van der Waals surface area contributed by atoms with E-state index in [0.717, 1.165) is 34.9 Å². The minimum Gasteiger partial charge on any atom is -0.465 e. The Morgan fingerprint density at radius 1 is 0.935 bits per heavy atom. The van der Waals surface area contributed by atoms with Crippen molar-refractivity contribution in [3.05, 3.63) is 77.4 Å². The van der Waals surface area contributed by atoms with E-state index in [1.54, 1.807) is 12.1 Å². The van der Waals surface area contributed by atoms with Crippen molar-refractivity contribution < 1.29 is 23.5 Å². The van der Waals surface area contributed by atoms with Crippen LogP contribution in [0.4, 0.5) is 42.0 Å². The number of nitrogens with one attached hydrogen (secondary N) is 1. The molecule has 12 heteroatoms. The average molecular weight is 647 g/mol. The molecule has 3 atom stereocenters. The number of nitrogens with two attached hydrogens (primary N) is 2. The van der Waals surface area contributed by atoms with Crippen LogP contribution < -0.4 is 26.2 Å². The van der Waals surface area contributed by atoms with E-state index in [1.807, 2.05) is 34.9 Å². The molecule has 0 unspecified atom stereocenters. The third-order valence-corrected chi connectivity index (χ3v) is 11.5. The molecule has 9 nitrogen and oxygen atoms in total. The Bertz CT molecular complexity index is 1600. The van der Waals surface area contributed by atoms with Crippen LogP contribution in [-0.4, -0.2) is 50.8 Å². The van der Waals surface area contributed by atoms with Gasteiger partial charge in [-0.15, -0.1) is 0 Å². The van der Waals surface area contributed by atoms with Gasteiger partial charge in [-0.3, -0.25) is 9.69 Å². The van der Waals surface area contributed by atoms with Gasteiger partial charge >= 0.3 is 6.09 Å². The SMILES string of the molecule is CC1(C)CCN(c2c(F)cc(N3[C@H](c4ccc(N)cc4)CC[C@H]3c3ccc(NC(=O)[C@@H]4CCCN4C(=O)O)c(N)c3)cc2F)[Si]C1. The zero-order valence-corrected chi connectivity index (χ0v) is 27.1. The largest absolute Gasteiger partial charge is 0.465 e. The molecule has 3 fully saturated rings. The third kappa shape index (κ3) is 6.22. The maximum atomic E-state index is 15.9. The molecule has 3 saturated heterocycles. The number of carbonyl (C=O) groups is 2. The molecule has 0 saturated carbocycles. The summed E-state index contributed by atoms with van der Waals surface area (Å²) in [7, 11) is 0.309. The highest BCUT2D eigenvalue weighted by Crippen LogP contribution is 2.49. The van der Waals surface area contributed by atoms with Crippen LogP contribution in [0.1, 0.15) is 69.2 Å². The van der Waals surface area contributed by atoms with Gasteiger partial charge in [0.05, 0.1) is 23.5 Å². The maximum Gasteiger partial charge on any atom is 0.407 e. The van der Waals surface area contributed by atoms with Gasteiger partial charge in [-0.25, -0.2) is 13.6 Å². The summed E-state index contributed by atoms with van der Waals surface area (Å²) in [6.45, 7) is 5.30. The van der Waals surface area contributed by atoms with Gasteiger partial charge in [-0.1, -0.05) is 32.0 Å². The van der Waals surface area contributed by atoms with Gasteiger partial charge in [0, 0.05) is 24.5 Å². The second-order valence-electron chi connectivity index (χ2n) is 13.3. The highest BCUT2D eigenvalue weighted by molar-refractivity contribution is 6.42. The fourth-order valence-corrected chi connectivity index (χ4v) is 8.41. The lowest BCUT2D eigenvalue weighted by Crippen LogP contribution is -2.42. The zero-order valence-electron chi connectivity index (χ0n) is 26.1. The molecule has 3 aliphatic rings. The van der Waals surface area contributed by atoms with E-state index in [9.17, 15) is 14.7 Å². The first kappa shape index (κ1) is 31.7. The van der Waals surface area contributed by atoms with Crippen LogP contribution in [0.15, 0.2) is 54.6 Å². The summed E-state index contributed by atoms with van der Waals surface area (Å²) in [4.78, 5) is 27.7. The lowest BCUT2D eigenvalue weighted by molar-refractivity contribution is -0.119. The molecule has 46 heavy (non-hydrogen) atoms. The highest BCUT2D eigenvalue weighted by Gasteiger charge is 2.38. The molecule has 0 aliphatic carbocycles. The first-order chi connectivity index (χ1) is 21.9. The Labute approximate surface area is 270 Å². The van der Waals surface area contributed by atoms with E-state index in [0.29, 0.717) is 64.8 Å². The number of nitrogens with zero attached hydrogens (tertiary/aromatic N) is 3. The maximum absolute atomic E-state index is 15.9. The quantitative estimate of drug-likeness (QED) is 0.176. The van der Waals surface area contributed by atoms with Crippen molar-refractivity contribution in [1.82, 2.24) is 4.90 Å². The summed E-state index contributed by atoms with van der Waals surface area (Å²) < 4.78 is 33.6. The summed E-state index contributed by atoms with van der Waals surface area (Å²) in [5.41, 5.74) is 16.2. The Balaban J connectivity index is 1.30. The molecular weight excluding hydrogens is 606 g/mol. The van der Waals surface area contributed by atoms with Gasteiger partial charge < -0.3 is 31.4 Å². The summed E-state index contributed by atoms with van der Waals surface area (Å²) in [5, 5.41) is 12.2. The smallest absolute Gasteiger partial charge is 0.407 e. The molecule has 242 valence electrons. The molecule has 0 spiro atoms.